The molecule has 3 nitrogen and oxygen atoms in total. The molecule has 1 heterocycles. The van der Waals surface area contributed by atoms with E-state index in [0.717, 1.165) is 24.0 Å². The van der Waals surface area contributed by atoms with Crippen LogP contribution in [0.1, 0.15) is 52.2 Å². The molecule has 1 aliphatic rings. The number of hydrogen-bond acceptors (Lipinski definition) is 3. The van der Waals surface area contributed by atoms with Gasteiger partial charge in [-0.3, -0.25) is 10.2 Å². The van der Waals surface area contributed by atoms with Crippen molar-refractivity contribution < 1.29 is 4.79 Å². The number of aryl methyl sites for hydroxylation is 2. The van der Waals surface area contributed by atoms with E-state index in [4.69, 9.17) is 5.41 Å². The number of carbonyl (C=O) groups excluding carboxylic acids is 1. The number of nitrogens with zero attached hydrogens (tertiary/aromatic N) is 1. The highest BCUT2D eigenvalue weighted by Gasteiger charge is 2.17. The summed E-state index contributed by atoms with van der Waals surface area (Å²) in [6, 6.07) is 7.71. The van der Waals surface area contributed by atoms with Crippen LogP contribution < -0.4 is 4.80 Å². The Labute approximate surface area is 135 Å². The first-order valence-corrected chi connectivity index (χ1v) is 8.82. The molecule has 0 atom stereocenters. The van der Waals surface area contributed by atoms with E-state index in [9.17, 15) is 4.79 Å². The summed E-state index contributed by atoms with van der Waals surface area (Å²) in [5.74, 6) is 0.0983. The van der Waals surface area contributed by atoms with Crippen molar-refractivity contribution in [2.75, 3.05) is 0 Å². The molecule has 22 heavy (non-hydrogen) atoms. The normalized spacial score (nSPS) is 15.0. The van der Waals surface area contributed by atoms with Crippen LogP contribution >= 0.6 is 11.3 Å². The largest absolute Gasteiger partial charge is 0.313 e. The lowest BCUT2D eigenvalue weighted by molar-refractivity contribution is 0.0969. The highest BCUT2D eigenvalue weighted by atomic mass is 32.1. The number of nitrogens with one attached hydrogen (secondary N) is 1. The summed E-state index contributed by atoms with van der Waals surface area (Å²) in [4.78, 5) is 14.4. The Hall–Kier alpha value is -1.68. The second-order valence-electron chi connectivity index (χ2n) is 6.07. The fraction of sp³-hybridized carbons (Fsp3) is 0.444. The van der Waals surface area contributed by atoms with Crippen LogP contribution in [0.3, 0.4) is 0 Å². The zero-order valence-corrected chi connectivity index (χ0v) is 13.8. The smallest absolute Gasteiger partial charge is 0.182 e. The van der Waals surface area contributed by atoms with Crippen molar-refractivity contribution in [2.24, 2.45) is 0 Å². The van der Waals surface area contributed by atoms with Gasteiger partial charge in [0.15, 0.2) is 10.6 Å². The predicted molar refractivity (Wildman–Crippen MR) is 89.5 cm³/mol. The monoisotopic (exact) mass is 314 g/mol. The number of aromatic nitrogens is 1. The summed E-state index contributed by atoms with van der Waals surface area (Å²) < 4.78 is 1.94. The van der Waals surface area contributed by atoms with Gasteiger partial charge in [0.05, 0.1) is 6.54 Å². The van der Waals surface area contributed by atoms with E-state index in [2.05, 4.69) is 0 Å². The molecular weight excluding hydrogens is 292 g/mol. The van der Waals surface area contributed by atoms with Gasteiger partial charge in [0, 0.05) is 16.1 Å². The van der Waals surface area contributed by atoms with Crippen molar-refractivity contribution in [3.8, 4) is 0 Å². The van der Waals surface area contributed by atoms with Gasteiger partial charge < -0.3 is 4.57 Å². The van der Waals surface area contributed by atoms with Crippen LogP contribution in [0.5, 0.6) is 0 Å². The van der Waals surface area contributed by atoms with E-state index >= 15 is 0 Å². The molecule has 0 aliphatic heterocycles. The maximum absolute atomic E-state index is 12.5. The molecule has 0 amide bonds. The minimum absolute atomic E-state index is 0.0983. The van der Waals surface area contributed by atoms with Crippen LogP contribution in [0.2, 0.25) is 0 Å². The topological polar surface area (TPSA) is 45.9 Å². The van der Waals surface area contributed by atoms with Gasteiger partial charge >= 0.3 is 0 Å². The zero-order chi connectivity index (χ0) is 15.5. The standard InChI is InChI=1S/C18H22N2OS/c1-13-8-10-14(11-9-13)16(21)12-20-15-6-4-2-3-5-7-17(15)22-18(20)19/h8-11,19H,2-7,12H2,1H3. The van der Waals surface area contributed by atoms with Gasteiger partial charge in [0.2, 0.25) is 0 Å². The fourth-order valence-corrected chi connectivity index (χ4v) is 4.14. The van der Waals surface area contributed by atoms with Gasteiger partial charge in [0.25, 0.3) is 0 Å². The van der Waals surface area contributed by atoms with Crippen LogP contribution in [0.25, 0.3) is 0 Å². The maximum Gasteiger partial charge on any atom is 0.182 e. The molecule has 0 bridgehead atoms. The molecule has 0 unspecified atom stereocenters. The Morgan fingerprint density at radius 2 is 1.82 bits per heavy atom. The van der Waals surface area contributed by atoms with Crippen LogP contribution in [0, 0.1) is 12.3 Å². The number of fused-ring (bicyclic) bond motifs is 1. The molecule has 0 fully saturated rings. The van der Waals surface area contributed by atoms with E-state index in [1.165, 1.54) is 36.3 Å². The molecule has 1 aromatic carbocycles. The van der Waals surface area contributed by atoms with E-state index in [0.29, 0.717) is 11.3 Å². The molecule has 0 saturated heterocycles. The van der Waals surface area contributed by atoms with Crippen LogP contribution in [0.4, 0.5) is 0 Å². The Bertz CT molecular complexity index is 725. The summed E-state index contributed by atoms with van der Waals surface area (Å²) in [6.07, 6.45) is 6.99. The lowest BCUT2D eigenvalue weighted by Gasteiger charge is -2.13. The highest BCUT2D eigenvalue weighted by Crippen LogP contribution is 2.22. The molecule has 1 N–H and O–H groups in total. The first-order chi connectivity index (χ1) is 10.6. The third-order valence-corrected chi connectivity index (χ3v) is 5.46. The number of benzene rings is 1. The van der Waals surface area contributed by atoms with E-state index < -0.39 is 0 Å². The summed E-state index contributed by atoms with van der Waals surface area (Å²) in [6.45, 7) is 2.32. The number of Topliss-reactive ketones (excluding diaryl/α,β-unsaturated/α-hetero) is 1. The number of carbonyl (C=O) groups is 1. The lowest BCUT2D eigenvalue weighted by atomic mass is 10.0. The summed E-state index contributed by atoms with van der Waals surface area (Å²) in [5.41, 5.74) is 3.13. The molecule has 116 valence electrons. The molecule has 0 spiro atoms. The molecule has 0 radical (unpaired) electrons. The number of hydrogen-bond donors (Lipinski definition) is 1. The van der Waals surface area contributed by atoms with Gasteiger partial charge in [-0.1, -0.05) is 42.7 Å². The van der Waals surface area contributed by atoms with Crippen LogP contribution in [0.15, 0.2) is 24.3 Å². The van der Waals surface area contributed by atoms with E-state index in [1.807, 2.05) is 35.8 Å². The third-order valence-electron chi connectivity index (χ3n) is 4.36. The number of thiazole rings is 1. The molecule has 3 rings (SSSR count). The van der Waals surface area contributed by atoms with Gasteiger partial charge in [-0.15, -0.1) is 11.3 Å². The maximum atomic E-state index is 12.5. The van der Waals surface area contributed by atoms with Gasteiger partial charge in [0.1, 0.15) is 0 Å². The minimum Gasteiger partial charge on any atom is -0.313 e. The Morgan fingerprint density at radius 3 is 2.55 bits per heavy atom. The Morgan fingerprint density at radius 1 is 1.14 bits per heavy atom. The molecule has 1 aromatic heterocycles. The Balaban J connectivity index is 1.87. The number of rotatable bonds is 3. The predicted octanol–water partition coefficient (Wildman–Crippen LogP) is 3.88. The van der Waals surface area contributed by atoms with Crippen molar-refractivity contribution in [1.29, 1.82) is 5.41 Å². The van der Waals surface area contributed by atoms with E-state index in [1.54, 1.807) is 11.3 Å². The molecule has 0 saturated carbocycles. The first kappa shape index (κ1) is 15.2. The van der Waals surface area contributed by atoms with Crippen molar-refractivity contribution >= 4 is 17.1 Å². The van der Waals surface area contributed by atoms with Gasteiger partial charge in [-0.25, -0.2) is 0 Å². The minimum atomic E-state index is 0.0983. The van der Waals surface area contributed by atoms with Crippen molar-refractivity contribution in [2.45, 2.75) is 52.0 Å². The molecule has 1 aliphatic carbocycles. The van der Waals surface area contributed by atoms with Crippen LogP contribution in [-0.2, 0) is 19.4 Å². The summed E-state index contributed by atoms with van der Waals surface area (Å²) in [7, 11) is 0. The quantitative estimate of drug-likeness (QED) is 0.859. The highest BCUT2D eigenvalue weighted by molar-refractivity contribution is 7.09. The average molecular weight is 314 g/mol. The summed E-state index contributed by atoms with van der Waals surface area (Å²) in [5, 5.41) is 8.23. The van der Waals surface area contributed by atoms with Gasteiger partial charge in [-0.05, 0) is 32.6 Å². The second-order valence-corrected chi connectivity index (χ2v) is 7.15. The van der Waals surface area contributed by atoms with Gasteiger partial charge in [-0.2, -0.15) is 0 Å². The zero-order valence-electron chi connectivity index (χ0n) is 13.0. The van der Waals surface area contributed by atoms with E-state index in [-0.39, 0.29) is 5.78 Å². The SMILES string of the molecule is Cc1ccc(C(=O)Cn2c3c(sc2=N)CCCCCC3)cc1. The van der Waals surface area contributed by atoms with Crippen molar-refractivity contribution in [3.05, 3.63) is 50.8 Å². The first-order valence-electron chi connectivity index (χ1n) is 8.01. The average Bonchev–Trinajstić information content (AvgIpc) is 2.75. The van der Waals surface area contributed by atoms with Crippen molar-refractivity contribution in [3.63, 3.8) is 0 Å². The lowest BCUT2D eigenvalue weighted by Crippen LogP contribution is -2.22. The Kier molecular flexibility index (Phi) is 4.57. The molecular formula is C18H22N2OS. The third kappa shape index (κ3) is 3.22. The second kappa shape index (κ2) is 6.61. The number of ketones is 1. The molecule has 2 aromatic rings. The van der Waals surface area contributed by atoms with Crippen molar-refractivity contribution in [1.82, 2.24) is 4.57 Å². The molecule has 4 heteroatoms. The summed E-state index contributed by atoms with van der Waals surface area (Å²) >= 11 is 1.56. The fourth-order valence-electron chi connectivity index (χ4n) is 3.05. The van der Waals surface area contributed by atoms with Crippen LogP contribution in [-0.4, -0.2) is 10.4 Å².